The largest absolute Gasteiger partial charge is 0.476 e. The predicted molar refractivity (Wildman–Crippen MR) is 56.0 cm³/mol. The molecule has 0 aliphatic carbocycles. The summed E-state index contributed by atoms with van der Waals surface area (Å²) in [7, 11) is 1.64. The van der Waals surface area contributed by atoms with Gasteiger partial charge in [-0.15, -0.1) is 5.10 Å². The van der Waals surface area contributed by atoms with E-state index >= 15 is 0 Å². The van der Waals surface area contributed by atoms with Crippen LogP contribution in [0.1, 0.15) is 29.0 Å². The Morgan fingerprint density at radius 1 is 1.56 bits per heavy atom. The van der Waals surface area contributed by atoms with Crippen LogP contribution in [0.3, 0.4) is 0 Å². The lowest BCUT2D eigenvalue weighted by Crippen LogP contribution is -2.13. The first-order valence-corrected chi connectivity index (χ1v) is 5.05. The Labute approximate surface area is 93.2 Å². The van der Waals surface area contributed by atoms with Crippen molar-refractivity contribution in [2.24, 2.45) is 5.73 Å². The van der Waals surface area contributed by atoms with Gasteiger partial charge in [-0.05, 0) is 12.8 Å². The van der Waals surface area contributed by atoms with Crippen molar-refractivity contribution >= 4 is 5.97 Å². The average Bonchev–Trinajstić information content (AvgIpc) is 2.67. The second kappa shape index (κ2) is 6.19. The van der Waals surface area contributed by atoms with Crippen LogP contribution in [0.4, 0.5) is 0 Å². The van der Waals surface area contributed by atoms with Gasteiger partial charge < -0.3 is 15.6 Å². The Bertz CT molecular complexity index is 351. The van der Waals surface area contributed by atoms with Crippen molar-refractivity contribution in [3.8, 4) is 0 Å². The summed E-state index contributed by atoms with van der Waals surface area (Å²) in [4.78, 5) is 10.8. The van der Waals surface area contributed by atoms with Gasteiger partial charge in [0.15, 0.2) is 5.69 Å². The number of hydrogen-bond acceptors (Lipinski definition) is 5. The zero-order valence-electron chi connectivity index (χ0n) is 9.22. The lowest BCUT2D eigenvalue weighted by Gasteiger charge is -2.04. The smallest absolute Gasteiger partial charge is 0.358 e. The summed E-state index contributed by atoms with van der Waals surface area (Å²) in [6.07, 6.45) is 1.74. The first-order chi connectivity index (χ1) is 7.70. The van der Waals surface area contributed by atoms with Crippen molar-refractivity contribution in [1.82, 2.24) is 15.0 Å². The maximum Gasteiger partial charge on any atom is 0.358 e. The summed E-state index contributed by atoms with van der Waals surface area (Å²) < 4.78 is 6.46. The molecular formula is C9H16N4O3. The quantitative estimate of drug-likeness (QED) is 0.630. The Balaban J connectivity index is 2.62. The van der Waals surface area contributed by atoms with Crippen LogP contribution >= 0.6 is 0 Å². The van der Waals surface area contributed by atoms with Crippen LogP contribution in [0.5, 0.6) is 0 Å². The van der Waals surface area contributed by atoms with Crippen LogP contribution in [0.25, 0.3) is 0 Å². The Kier molecular flexibility index (Phi) is 4.87. The molecule has 1 aromatic heterocycles. The number of hydrogen-bond donors (Lipinski definition) is 2. The van der Waals surface area contributed by atoms with Gasteiger partial charge in [0, 0.05) is 26.8 Å². The van der Waals surface area contributed by atoms with Crippen LogP contribution in [0, 0.1) is 0 Å². The normalized spacial score (nSPS) is 10.6. The Morgan fingerprint density at radius 3 is 2.88 bits per heavy atom. The van der Waals surface area contributed by atoms with Crippen molar-refractivity contribution in [3.63, 3.8) is 0 Å². The highest BCUT2D eigenvalue weighted by Crippen LogP contribution is 2.06. The second-order valence-electron chi connectivity index (χ2n) is 3.32. The molecule has 7 heteroatoms. The number of ether oxygens (including phenoxy) is 1. The zero-order chi connectivity index (χ0) is 12.0. The number of aromatic carboxylic acids is 1. The summed E-state index contributed by atoms with van der Waals surface area (Å²) in [5, 5.41) is 16.2. The molecule has 1 aromatic rings. The van der Waals surface area contributed by atoms with Crippen LogP contribution in [-0.4, -0.2) is 39.8 Å². The van der Waals surface area contributed by atoms with E-state index in [2.05, 4.69) is 10.3 Å². The van der Waals surface area contributed by atoms with Crippen molar-refractivity contribution in [1.29, 1.82) is 0 Å². The van der Waals surface area contributed by atoms with Crippen LogP contribution in [-0.2, 0) is 17.8 Å². The molecule has 3 N–H and O–H groups in total. The molecule has 0 spiro atoms. The maximum atomic E-state index is 10.8. The standard InChI is InChI=1S/C9H16N4O3/c1-16-5-3-2-4-13-7(6-10)8(9(14)15)11-12-13/h2-6,10H2,1H3,(H,14,15). The summed E-state index contributed by atoms with van der Waals surface area (Å²) in [5.41, 5.74) is 5.88. The van der Waals surface area contributed by atoms with E-state index in [1.54, 1.807) is 11.8 Å². The fraction of sp³-hybridized carbons (Fsp3) is 0.667. The van der Waals surface area contributed by atoms with Crippen molar-refractivity contribution in [3.05, 3.63) is 11.4 Å². The van der Waals surface area contributed by atoms with Crippen LogP contribution in [0.2, 0.25) is 0 Å². The average molecular weight is 228 g/mol. The minimum absolute atomic E-state index is 0.0609. The molecule has 0 aromatic carbocycles. The molecule has 0 aliphatic heterocycles. The second-order valence-corrected chi connectivity index (χ2v) is 3.32. The van der Waals surface area contributed by atoms with E-state index in [1.165, 1.54) is 0 Å². The number of carboxylic acids is 1. The molecule has 0 bridgehead atoms. The molecule has 90 valence electrons. The van der Waals surface area contributed by atoms with Crippen molar-refractivity contribution < 1.29 is 14.6 Å². The number of methoxy groups -OCH3 is 1. The van der Waals surface area contributed by atoms with Gasteiger partial charge in [0.1, 0.15) is 0 Å². The molecule has 0 aliphatic rings. The summed E-state index contributed by atoms with van der Waals surface area (Å²) in [5.74, 6) is -1.09. The van der Waals surface area contributed by atoms with Crippen LogP contribution < -0.4 is 5.73 Å². The SMILES string of the molecule is COCCCCn1nnc(C(=O)O)c1CN. The Hall–Kier alpha value is -1.47. The van der Waals surface area contributed by atoms with Gasteiger partial charge >= 0.3 is 5.97 Å². The van der Waals surface area contributed by atoms with Gasteiger partial charge in [-0.25, -0.2) is 9.48 Å². The molecule has 0 amide bonds. The number of aromatic nitrogens is 3. The van der Waals surface area contributed by atoms with E-state index in [4.69, 9.17) is 15.6 Å². The van der Waals surface area contributed by atoms with Gasteiger partial charge in [0.2, 0.25) is 0 Å². The zero-order valence-corrected chi connectivity index (χ0v) is 9.22. The van der Waals surface area contributed by atoms with Crippen LogP contribution in [0.15, 0.2) is 0 Å². The third kappa shape index (κ3) is 3.01. The highest BCUT2D eigenvalue weighted by atomic mass is 16.5. The summed E-state index contributed by atoms with van der Waals surface area (Å²) >= 11 is 0. The molecule has 1 rings (SSSR count). The summed E-state index contributed by atoms with van der Waals surface area (Å²) in [6.45, 7) is 1.41. The molecule has 16 heavy (non-hydrogen) atoms. The van der Waals surface area contributed by atoms with E-state index in [1.807, 2.05) is 0 Å². The lowest BCUT2D eigenvalue weighted by atomic mass is 10.3. The van der Waals surface area contributed by atoms with Gasteiger partial charge in [0.25, 0.3) is 0 Å². The van der Waals surface area contributed by atoms with Gasteiger partial charge in [-0.3, -0.25) is 0 Å². The number of carbonyl (C=O) groups is 1. The molecule has 0 saturated carbocycles. The van der Waals surface area contributed by atoms with E-state index in [0.717, 1.165) is 12.8 Å². The van der Waals surface area contributed by atoms with E-state index in [9.17, 15) is 4.79 Å². The third-order valence-electron chi connectivity index (χ3n) is 2.20. The number of nitrogens with two attached hydrogens (primary N) is 1. The maximum absolute atomic E-state index is 10.8. The van der Waals surface area contributed by atoms with Crippen molar-refractivity contribution in [2.75, 3.05) is 13.7 Å². The van der Waals surface area contributed by atoms with Gasteiger partial charge in [-0.1, -0.05) is 5.21 Å². The highest BCUT2D eigenvalue weighted by Gasteiger charge is 2.16. The monoisotopic (exact) mass is 228 g/mol. The minimum atomic E-state index is -1.09. The molecule has 0 atom stereocenters. The van der Waals surface area contributed by atoms with Gasteiger partial charge in [0.05, 0.1) is 5.69 Å². The molecule has 7 nitrogen and oxygen atoms in total. The molecular weight excluding hydrogens is 212 g/mol. The number of carboxylic acid groups (broad SMARTS) is 1. The van der Waals surface area contributed by atoms with E-state index < -0.39 is 5.97 Å². The molecule has 0 radical (unpaired) electrons. The number of rotatable bonds is 7. The first-order valence-electron chi connectivity index (χ1n) is 5.05. The third-order valence-corrected chi connectivity index (χ3v) is 2.20. The van der Waals surface area contributed by atoms with E-state index in [0.29, 0.717) is 18.8 Å². The minimum Gasteiger partial charge on any atom is -0.476 e. The molecule has 1 heterocycles. The fourth-order valence-electron chi connectivity index (χ4n) is 1.39. The Morgan fingerprint density at radius 2 is 2.31 bits per heavy atom. The number of unbranched alkanes of at least 4 members (excludes halogenated alkanes) is 1. The van der Waals surface area contributed by atoms with Gasteiger partial charge in [-0.2, -0.15) is 0 Å². The van der Waals surface area contributed by atoms with E-state index in [-0.39, 0.29) is 12.2 Å². The van der Waals surface area contributed by atoms with Crippen molar-refractivity contribution in [2.45, 2.75) is 25.9 Å². The lowest BCUT2D eigenvalue weighted by molar-refractivity contribution is 0.0689. The topological polar surface area (TPSA) is 103 Å². The fourth-order valence-corrected chi connectivity index (χ4v) is 1.39. The number of nitrogens with zero attached hydrogens (tertiary/aromatic N) is 3. The highest BCUT2D eigenvalue weighted by molar-refractivity contribution is 5.86. The number of aryl methyl sites for hydroxylation is 1. The first kappa shape index (κ1) is 12.6. The molecule has 0 fully saturated rings. The predicted octanol–water partition coefficient (Wildman–Crippen LogP) is -0.138. The summed E-state index contributed by atoms with van der Waals surface area (Å²) in [6, 6.07) is 0. The molecule has 0 saturated heterocycles. The molecule has 0 unspecified atom stereocenters.